The Hall–Kier alpha value is -2.05. The zero-order chi connectivity index (χ0) is 17.0. The highest BCUT2D eigenvalue weighted by molar-refractivity contribution is 5.31. The number of ether oxygens (including phenoxy) is 2. The number of hydrogen-bond acceptors (Lipinski definition) is 6. The summed E-state index contributed by atoms with van der Waals surface area (Å²) in [5.74, 6) is 0.806. The van der Waals surface area contributed by atoms with Crippen molar-refractivity contribution in [2.75, 3.05) is 31.2 Å². The van der Waals surface area contributed by atoms with Gasteiger partial charge in [-0.25, -0.2) is 9.97 Å². The number of piperidine rings is 1. The number of nitrogens with zero attached hydrogens (tertiary/aromatic N) is 4. The summed E-state index contributed by atoms with van der Waals surface area (Å²) in [5, 5.41) is 0. The van der Waals surface area contributed by atoms with Gasteiger partial charge < -0.3 is 14.4 Å². The topological polar surface area (TPSA) is 60.4 Å². The van der Waals surface area contributed by atoms with Crippen molar-refractivity contribution in [2.24, 2.45) is 5.41 Å². The van der Waals surface area contributed by atoms with E-state index in [0.29, 0.717) is 13.2 Å². The molecule has 0 saturated carbocycles. The molecular weight excluding hydrogens is 316 g/mol. The van der Waals surface area contributed by atoms with Gasteiger partial charge in [-0.05, 0) is 43.0 Å². The van der Waals surface area contributed by atoms with E-state index in [-0.39, 0.29) is 11.5 Å². The van der Waals surface area contributed by atoms with Crippen molar-refractivity contribution in [2.45, 2.75) is 32.0 Å². The Morgan fingerprint density at radius 1 is 1.20 bits per heavy atom. The summed E-state index contributed by atoms with van der Waals surface area (Å²) in [7, 11) is 0. The molecule has 0 N–H and O–H groups in total. The van der Waals surface area contributed by atoms with Crippen LogP contribution in [0, 0.1) is 5.41 Å². The van der Waals surface area contributed by atoms with Crippen LogP contribution < -0.4 is 4.90 Å². The molecule has 0 radical (unpaired) electrons. The number of hydrogen-bond donors (Lipinski definition) is 0. The van der Waals surface area contributed by atoms with Gasteiger partial charge in [-0.1, -0.05) is 0 Å². The smallest absolute Gasteiger partial charge is 0.225 e. The minimum Gasteiger partial charge on any atom is -0.377 e. The molecule has 0 unspecified atom stereocenters. The first-order valence-corrected chi connectivity index (χ1v) is 8.96. The zero-order valence-corrected chi connectivity index (χ0v) is 14.4. The third-order valence-electron chi connectivity index (χ3n) is 5.23. The van der Waals surface area contributed by atoms with E-state index in [0.717, 1.165) is 50.5 Å². The molecule has 2 aliphatic rings. The fraction of sp³-hybridized carbons (Fsp3) is 0.526. The first-order valence-electron chi connectivity index (χ1n) is 8.96. The van der Waals surface area contributed by atoms with Crippen molar-refractivity contribution in [1.29, 1.82) is 0 Å². The normalized spacial score (nSPS) is 26.2. The lowest BCUT2D eigenvalue weighted by Crippen LogP contribution is -2.57. The van der Waals surface area contributed by atoms with Crippen LogP contribution in [0.3, 0.4) is 0 Å². The molecule has 0 aliphatic carbocycles. The van der Waals surface area contributed by atoms with Crippen LogP contribution >= 0.6 is 0 Å². The summed E-state index contributed by atoms with van der Waals surface area (Å²) < 4.78 is 12.2. The second-order valence-corrected chi connectivity index (χ2v) is 6.93. The summed E-state index contributed by atoms with van der Waals surface area (Å²) >= 11 is 0. The Balaban J connectivity index is 1.46. The van der Waals surface area contributed by atoms with Crippen molar-refractivity contribution >= 4 is 5.95 Å². The molecule has 2 aromatic heterocycles. The lowest BCUT2D eigenvalue weighted by Gasteiger charge is -2.50. The highest BCUT2D eigenvalue weighted by atomic mass is 16.5. The maximum Gasteiger partial charge on any atom is 0.225 e. The number of aromatic nitrogens is 3. The van der Waals surface area contributed by atoms with Crippen LogP contribution in [0.15, 0.2) is 43.0 Å². The van der Waals surface area contributed by atoms with Gasteiger partial charge >= 0.3 is 0 Å². The monoisotopic (exact) mass is 340 g/mol. The summed E-state index contributed by atoms with van der Waals surface area (Å²) in [6, 6.07) is 5.85. The summed E-state index contributed by atoms with van der Waals surface area (Å²) in [6.07, 6.45) is 10.7. The van der Waals surface area contributed by atoms with Crippen molar-refractivity contribution in [3.8, 4) is 0 Å². The van der Waals surface area contributed by atoms with Gasteiger partial charge in [0.2, 0.25) is 5.95 Å². The van der Waals surface area contributed by atoms with Crippen LogP contribution in [0.1, 0.15) is 24.8 Å². The summed E-state index contributed by atoms with van der Waals surface area (Å²) in [6.45, 7) is 3.99. The Kier molecular flexibility index (Phi) is 4.90. The molecule has 4 heterocycles. The van der Waals surface area contributed by atoms with E-state index < -0.39 is 0 Å². The molecule has 6 heteroatoms. The second kappa shape index (κ2) is 7.45. The third-order valence-corrected chi connectivity index (χ3v) is 5.23. The van der Waals surface area contributed by atoms with Gasteiger partial charge in [-0.3, -0.25) is 4.98 Å². The first kappa shape index (κ1) is 16.4. The van der Waals surface area contributed by atoms with Gasteiger partial charge in [0.15, 0.2) is 0 Å². The number of rotatable bonds is 5. The highest BCUT2D eigenvalue weighted by Crippen LogP contribution is 2.41. The van der Waals surface area contributed by atoms with E-state index in [1.54, 1.807) is 24.8 Å². The predicted octanol–water partition coefficient (Wildman–Crippen LogP) is 2.46. The zero-order valence-electron chi connectivity index (χ0n) is 14.4. The molecule has 0 bridgehead atoms. The van der Waals surface area contributed by atoms with Gasteiger partial charge in [-0.2, -0.15) is 0 Å². The standard InChI is InChI=1S/C19H24N4O2/c1-6-19(15-24-13-16-3-9-20-10-4-16)14-23(11-5-17(19)25-12-1)18-21-7-2-8-22-18/h2-4,7-10,17H,1,5-6,11-15H2/t17-,19-/m1/s1. The van der Waals surface area contributed by atoms with Gasteiger partial charge in [0.05, 0.1) is 19.3 Å². The molecule has 4 rings (SSSR count). The fourth-order valence-corrected chi connectivity index (χ4v) is 3.98. The Morgan fingerprint density at radius 3 is 2.88 bits per heavy atom. The lowest BCUT2D eigenvalue weighted by atomic mass is 9.73. The van der Waals surface area contributed by atoms with Crippen LogP contribution in [0.5, 0.6) is 0 Å². The predicted molar refractivity (Wildman–Crippen MR) is 94.2 cm³/mol. The maximum atomic E-state index is 6.13. The Labute approximate surface area is 148 Å². The molecule has 2 saturated heterocycles. The number of fused-ring (bicyclic) bond motifs is 1. The van der Waals surface area contributed by atoms with Gasteiger partial charge in [0.1, 0.15) is 0 Å². The van der Waals surface area contributed by atoms with E-state index >= 15 is 0 Å². The molecule has 0 aromatic carbocycles. The number of pyridine rings is 1. The molecule has 2 atom stereocenters. The van der Waals surface area contributed by atoms with Crippen molar-refractivity contribution < 1.29 is 9.47 Å². The maximum absolute atomic E-state index is 6.13. The molecule has 132 valence electrons. The van der Waals surface area contributed by atoms with Crippen molar-refractivity contribution in [3.05, 3.63) is 48.5 Å². The van der Waals surface area contributed by atoms with E-state index in [9.17, 15) is 0 Å². The van der Waals surface area contributed by atoms with E-state index in [1.165, 1.54) is 0 Å². The molecule has 2 aliphatic heterocycles. The van der Waals surface area contributed by atoms with E-state index in [1.807, 2.05) is 18.2 Å². The van der Waals surface area contributed by atoms with Crippen LogP contribution in [0.2, 0.25) is 0 Å². The average molecular weight is 340 g/mol. The molecule has 0 spiro atoms. The average Bonchev–Trinajstić information content (AvgIpc) is 2.69. The van der Waals surface area contributed by atoms with Crippen molar-refractivity contribution in [3.63, 3.8) is 0 Å². The Bertz CT molecular complexity index is 670. The molecule has 6 nitrogen and oxygen atoms in total. The van der Waals surface area contributed by atoms with Gasteiger partial charge in [0.25, 0.3) is 0 Å². The Morgan fingerprint density at radius 2 is 2.04 bits per heavy atom. The highest BCUT2D eigenvalue weighted by Gasteiger charge is 2.46. The van der Waals surface area contributed by atoms with E-state index in [2.05, 4.69) is 19.9 Å². The molecule has 0 amide bonds. The van der Waals surface area contributed by atoms with Crippen LogP contribution in [-0.2, 0) is 16.1 Å². The number of anilines is 1. The van der Waals surface area contributed by atoms with Crippen LogP contribution in [-0.4, -0.2) is 47.4 Å². The minimum atomic E-state index is 0.0166. The van der Waals surface area contributed by atoms with Gasteiger partial charge in [-0.15, -0.1) is 0 Å². The molecule has 2 aromatic rings. The summed E-state index contributed by atoms with van der Waals surface area (Å²) in [4.78, 5) is 15.2. The SMILES string of the molecule is c1cnc(N2CC[C@H]3OCCC[C@]3(COCc3ccncc3)C2)nc1. The fourth-order valence-electron chi connectivity index (χ4n) is 3.98. The van der Waals surface area contributed by atoms with Crippen LogP contribution in [0.4, 0.5) is 5.95 Å². The first-order chi connectivity index (χ1) is 12.4. The third kappa shape index (κ3) is 3.65. The molecule has 25 heavy (non-hydrogen) atoms. The second-order valence-electron chi connectivity index (χ2n) is 6.93. The van der Waals surface area contributed by atoms with Crippen molar-refractivity contribution in [1.82, 2.24) is 15.0 Å². The molecular formula is C19H24N4O2. The minimum absolute atomic E-state index is 0.0166. The van der Waals surface area contributed by atoms with Gasteiger partial charge in [0, 0.05) is 49.9 Å². The largest absolute Gasteiger partial charge is 0.377 e. The summed E-state index contributed by atoms with van der Waals surface area (Å²) in [5.41, 5.74) is 1.17. The molecule has 2 fully saturated rings. The van der Waals surface area contributed by atoms with Crippen LogP contribution in [0.25, 0.3) is 0 Å². The van der Waals surface area contributed by atoms with E-state index in [4.69, 9.17) is 9.47 Å². The quantitative estimate of drug-likeness (QED) is 0.833. The lowest BCUT2D eigenvalue weighted by molar-refractivity contribution is -0.127.